The molecule has 17 heavy (non-hydrogen) atoms. The zero-order valence-electron chi connectivity index (χ0n) is 10.7. The monoisotopic (exact) mass is 234 g/mol. The van der Waals surface area contributed by atoms with Crippen molar-refractivity contribution in [3.05, 3.63) is 29.8 Å². The van der Waals surface area contributed by atoms with E-state index in [4.69, 9.17) is 4.74 Å². The van der Waals surface area contributed by atoms with Crippen LogP contribution in [0.3, 0.4) is 0 Å². The van der Waals surface area contributed by atoms with Crippen molar-refractivity contribution in [2.75, 3.05) is 26.2 Å². The number of rotatable bonds is 6. The minimum atomic E-state index is 0.505. The minimum absolute atomic E-state index is 0.505. The maximum atomic E-state index is 5.65. The molecule has 2 rings (SSSR count). The summed E-state index contributed by atoms with van der Waals surface area (Å²) in [4.78, 5) is 0. The van der Waals surface area contributed by atoms with Crippen LogP contribution in [-0.4, -0.2) is 32.3 Å². The van der Waals surface area contributed by atoms with Crippen LogP contribution < -0.4 is 15.4 Å². The van der Waals surface area contributed by atoms with E-state index >= 15 is 0 Å². The first-order valence-corrected chi connectivity index (χ1v) is 6.43. The van der Waals surface area contributed by atoms with Gasteiger partial charge in [0.25, 0.3) is 0 Å². The van der Waals surface area contributed by atoms with Gasteiger partial charge in [0.2, 0.25) is 0 Å². The first-order valence-electron chi connectivity index (χ1n) is 6.43. The molecule has 1 aliphatic heterocycles. The van der Waals surface area contributed by atoms with E-state index in [2.05, 4.69) is 42.7 Å². The largest absolute Gasteiger partial charge is 0.493 e. The van der Waals surface area contributed by atoms with Crippen LogP contribution in [0.1, 0.15) is 25.3 Å². The van der Waals surface area contributed by atoms with Gasteiger partial charge in [-0.25, -0.2) is 0 Å². The molecule has 0 saturated carbocycles. The average molecular weight is 234 g/mol. The Hall–Kier alpha value is -1.06. The second-order valence-electron chi connectivity index (χ2n) is 4.86. The highest BCUT2D eigenvalue weighted by Crippen LogP contribution is 2.32. The maximum absolute atomic E-state index is 5.65. The number of hydrogen-bond acceptors (Lipinski definition) is 3. The van der Waals surface area contributed by atoms with Crippen molar-refractivity contribution in [3.8, 4) is 5.75 Å². The van der Waals surface area contributed by atoms with Crippen LogP contribution in [0.5, 0.6) is 5.75 Å². The zero-order chi connectivity index (χ0) is 12.1. The number of ether oxygens (including phenoxy) is 1. The van der Waals surface area contributed by atoms with Gasteiger partial charge < -0.3 is 15.4 Å². The molecule has 0 radical (unpaired) electrons. The summed E-state index contributed by atoms with van der Waals surface area (Å²) in [5, 5.41) is 6.88. The third-order valence-electron chi connectivity index (χ3n) is 3.04. The van der Waals surface area contributed by atoms with Crippen molar-refractivity contribution in [2.24, 2.45) is 0 Å². The van der Waals surface area contributed by atoms with Crippen LogP contribution in [0.25, 0.3) is 0 Å². The number of para-hydroxylation sites is 1. The van der Waals surface area contributed by atoms with E-state index in [-0.39, 0.29) is 0 Å². The van der Waals surface area contributed by atoms with E-state index in [1.54, 1.807) is 0 Å². The van der Waals surface area contributed by atoms with Gasteiger partial charge in [0.15, 0.2) is 0 Å². The molecular weight excluding hydrogens is 212 g/mol. The van der Waals surface area contributed by atoms with E-state index in [0.29, 0.717) is 12.0 Å². The van der Waals surface area contributed by atoms with Crippen LogP contribution in [0.15, 0.2) is 24.3 Å². The lowest BCUT2D eigenvalue weighted by Crippen LogP contribution is -2.33. The van der Waals surface area contributed by atoms with Crippen molar-refractivity contribution < 1.29 is 4.74 Å². The van der Waals surface area contributed by atoms with E-state index in [0.717, 1.165) is 32.0 Å². The molecule has 0 aliphatic carbocycles. The molecule has 0 fully saturated rings. The van der Waals surface area contributed by atoms with Crippen molar-refractivity contribution in [3.63, 3.8) is 0 Å². The summed E-state index contributed by atoms with van der Waals surface area (Å²) in [6.45, 7) is 8.17. The SMILES string of the molecule is CC(C)NCCNCC1COc2ccccc21. The summed E-state index contributed by atoms with van der Waals surface area (Å²) in [6, 6.07) is 8.89. The van der Waals surface area contributed by atoms with Gasteiger partial charge in [-0.1, -0.05) is 32.0 Å². The van der Waals surface area contributed by atoms with Gasteiger partial charge in [-0.05, 0) is 6.07 Å². The third kappa shape index (κ3) is 3.45. The lowest BCUT2D eigenvalue weighted by molar-refractivity contribution is 0.326. The fourth-order valence-electron chi connectivity index (χ4n) is 2.12. The fraction of sp³-hybridized carbons (Fsp3) is 0.571. The molecule has 1 heterocycles. The summed E-state index contributed by atoms with van der Waals surface area (Å²) in [5.41, 5.74) is 1.34. The highest BCUT2D eigenvalue weighted by Gasteiger charge is 2.22. The van der Waals surface area contributed by atoms with Gasteiger partial charge in [-0.3, -0.25) is 0 Å². The first-order chi connectivity index (χ1) is 8.27. The number of nitrogens with one attached hydrogen (secondary N) is 2. The van der Waals surface area contributed by atoms with Gasteiger partial charge in [0.05, 0.1) is 6.61 Å². The van der Waals surface area contributed by atoms with Crippen LogP contribution in [-0.2, 0) is 0 Å². The minimum Gasteiger partial charge on any atom is -0.493 e. The molecule has 0 amide bonds. The molecule has 94 valence electrons. The number of fused-ring (bicyclic) bond motifs is 1. The van der Waals surface area contributed by atoms with Crippen LogP contribution in [0.4, 0.5) is 0 Å². The highest BCUT2D eigenvalue weighted by atomic mass is 16.5. The Kier molecular flexibility index (Phi) is 4.40. The molecule has 2 N–H and O–H groups in total. The molecule has 1 aromatic rings. The van der Waals surface area contributed by atoms with E-state index in [1.165, 1.54) is 5.56 Å². The molecule has 0 saturated heterocycles. The predicted molar refractivity (Wildman–Crippen MR) is 70.7 cm³/mol. The molecule has 1 aromatic carbocycles. The summed E-state index contributed by atoms with van der Waals surface area (Å²) in [5.74, 6) is 1.56. The van der Waals surface area contributed by atoms with Gasteiger partial charge in [-0.2, -0.15) is 0 Å². The third-order valence-corrected chi connectivity index (χ3v) is 3.04. The summed E-state index contributed by atoms with van der Waals surface area (Å²) >= 11 is 0. The quantitative estimate of drug-likeness (QED) is 0.736. The van der Waals surface area contributed by atoms with Crippen LogP contribution in [0, 0.1) is 0 Å². The fourth-order valence-corrected chi connectivity index (χ4v) is 2.12. The van der Waals surface area contributed by atoms with Gasteiger partial charge >= 0.3 is 0 Å². The summed E-state index contributed by atoms with van der Waals surface area (Å²) < 4.78 is 5.65. The molecule has 3 nitrogen and oxygen atoms in total. The molecule has 0 spiro atoms. The lowest BCUT2D eigenvalue weighted by Gasteiger charge is -2.12. The molecule has 1 aliphatic rings. The van der Waals surface area contributed by atoms with Crippen molar-refractivity contribution >= 4 is 0 Å². The predicted octanol–water partition coefficient (Wildman–Crippen LogP) is 1.75. The van der Waals surface area contributed by atoms with E-state index in [1.807, 2.05) is 6.07 Å². The Balaban J connectivity index is 1.71. The van der Waals surface area contributed by atoms with Crippen molar-refractivity contribution in [1.82, 2.24) is 10.6 Å². The average Bonchev–Trinajstić information content (AvgIpc) is 2.72. The topological polar surface area (TPSA) is 33.3 Å². The Bertz CT molecular complexity index is 352. The van der Waals surface area contributed by atoms with Crippen LogP contribution >= 0.6 is 0 Å². The standard InChI is InChI=1S/C14H22N2O/c1-11(2)16-8-7-15-9-12-10-17-14-6-4-3-5-13(12)14/h3-6,11-12,15-16H,7-10H2,1-2H3. The summed E-state index contributed by atoms with van der Waals surface area (Å²) in [6.07, 6.45) is 0. The van der Waals surface area contributed by atoms with Gasteiger partial charge in [0, 0.05) is 37.2 Å². The lowest BCUT2D eigenvalue weighted by atomic mass is 10.0. The molecule has 3 heteroatoms. The number of hydrogen-bond donors (Lipinski definition) is 2. The van der Waals surface area contributed by atoms with Crippen LogP contribution in [0.2, 0.25) is 0 Å². The first kappa shape index (κ1) is 12.4. The Morgan fingerprint density at radius 2 is 2.12 bits per heavy atom. The molecular formula is C14H22N2O. The maximum Gasteiger partial charge on any atom is 0.122 e. The number of benzene rings is 1. The summed E-state index contributed by atoms with van der Waals surface area (Å²) in [7, 11) is 0. The van der Waals surface area contributed by atoms with E-state index < -0.39 is 0 Å². The van der Waals surface area contributed by atoms with Gasteiger partial charge in [-0.15, -0.1) is 0 Å². The Labute approximate surface area is 104 Å². The second-order valence-corrected chi connectivity index (χ2v) is 4.86. The normalized spacial score (nSPS) is 18.2. The molecule has 1 unspecified atom stereocenters. The highest BCUT2D eigenvalue weighted by molar-refractivity contribution is 5.39. The Morgan fingerprint density at radius 1 is 1.29 bits per heavy atom. The molecule has 1 atom stereocenters. The van der Waals surface area contributed by atoms with Crippen molar-refractivity contribution in [1.29, 1.82) is 0 Å². The Morgan fingerprint density at radius 3 is 2.94 bits per heavy atom. The van der Waals surface area contributed by atoms with Crippen molar-refractivity contribution in [2.45, 2.75) is 25.8 Å². The smallest absolute Gasteiger partial charge is 0.122 e. The van der Waals surface area contributed by atoms with E-state index in [9.17, 15) is 0 Å². The zero-order valence-corrected chi connectivity index (χ0v) is 10.7. The van der Waals surface area contributed by atoms with Gasteiger partial charge in [0.1, 0.15) is 5.75 Å². The molecule has 0 bridgehead atoms. The second kappa shape index (κ2) is 6.03. The molecule has 0 aromatic heterocycles.